The van der Waals surface area contributed by atoms with Crippen LogP contribution in [0.4, 0.5) is 0 Å². The summed E-state index contributed by atoms with van der Waals surface area (Å²) in [6.45, 7) is 0.812. The number of fused-ring (bicyclic) bond motifs is 1. The van der Waals surface area contributed by atoms with Crippen molar-refractivity contribution in [3.8, 4) is 0 Å². The standard InChI is InChI=1S/C18H21N5O4/c1-21-16(25)13(9-19-18(21)27)17(26)22-7-3-5-12(22)10-23-15(24)8-11-4-2-6-14(11)20-23/h8-9,12H,2-7,10H2,1H3,(H,19,27). The molecule has 1 aliphatic heterocycles. The van der Waals surface area contributed by atoms with Crippen LogP contribution in [-0.2, 0) is 26.4 Å². The molecule has 27 heavy (non-hydrogen) atoms. The summed E-state index contributed by atoms with van der Waals surface area (Å²) >= 11 is 0. The van der Waals surface area contributed by atoms with E-state index in [1.165, 1.54) is 17.9 Å². The van der Waals surface area contributed by atoms with Crippen LogP contribution in [-0.4, -0.2) is 42.7 Å². The van der Waals surface area contributed by atoms with Gasteiger partial charge in [-0.2, -0.15) is 5.10 Å². The predicted octanol–water partition coefficient (Wildman–Crippen LogP) is -0.576. The molecule has 0 saturated carbocycles. The number of carbonyl (C=O) groups excluding carboxylic acids is 1. The third-order valence-electron chi connectivity index (χ3n) is 5.46. The van der Waals surface area contributed by atoms with E-state index in [0.717, 1.165) is 47.9 Å². The van der Waals surface area contributed by atoms with Gasteiger partial charge in [-0.15, -0.1) is 0 Å². The van der Waals surface area contributed by atoms with E-state index in [0.29, 0.717) is 13.1 Å². The Kier molecular flexibility index (Phi) is 4.29. The molecule has 1 unspecified atom stereocenters. The molecule has 0 bridgehead atoms. The van der Waals surface area contributed by atoms with Crippen LogP contribution in [0.25, 0.3) is 0 Å². The summed E-state index contributed by atoms with van der Waals surface area (Å²) < 4.78 is 2.32. The zero-order chi connectivity index (χ0) is 19.1. The quantitative estimate of drug-likeness (QED) is 0.776. The molecule has 9 nitrogen and oxygen atoms in total. The number of likely N-dealkylation sites (tertiary alicyclic amines) is 1. The second-order valence-corrected chi connectivity index (χ2v) is 7.16. The summed E-state index contributed by atoms with van der Waals surface area (Å²) in [6.07, 6.45) is 5.47. The molecule has 1 atom stereocenters. The van der Waals surface area contributed by atoms with E-state index in [9.17, 15) is 19.2 Å². The number of H-pyrrole nitrogens is 1. The van der Waals surface area contributed by atoms with E-state index in [-0.39, 0.29) is 17.2 Å². The first-order chi connectivity index (χ1) is 13.0. The molecule has 1 N–H and O–H groups in total. The minimum atomic E-state index is -0.623. The van der Waals surface area contributed by atoms with Gasteiger partial charge in [0.2, 0.25) is 0 Å². The number of aromatic nitrogens is 4. The van der Waals surface area contributed by atoms with E-state index < -0.39 is 17.2 Å². The molecule has 1 amide bonds. The summed E-state index contributed by atoms with van der Waals surface area (Å²) in [5.41, 5.74) is 0.561. The van der Waals surface area contributed by atoms with Crippen molar-refractivity contribution in [2.24, 2.45) is 7.05 Å². The minimum Gasteiger partial charge on any atom is -0.334 e. The third-order valence-corrected chi connectivity index (χ3v) is 5.46. The number of nitrogens with zero attached hydrogens (tertiary/aromatic N) is 4. The van der Waals surface area contributed by atoms with Gasteiger partial charge < -0.3 is 9.88 Å². The fourth-order valence-corrected chi connectivity index (χ4v) is 3.94. The van der Waals surface area contributed by atoms with Crippen molar-refractivity contribution in [3.05, 3.63) is 60.3 Å². The van der Waals surface area contributed by atoms with Crippen LogP contribution in [0.15, 0.2) is 26.6 Å². The Labute approximate surface area is 154 Å². The van der Waals surface area contributed by atoms with E-state index in [1.807, 2.05) is 0 Å². The van der Waals surface area contributed by atoms with Crippen LogP contribution < -0.4 is 16.8 Å². The van der Waals surface area contributed by atoms with Crippen molar-refractivity contribution in [2.45, 2.75) is 44.7 Å². The predicted molar refractivity (Wildman–Crippen MR) is 96.9 cm³/mol. The minimum absolute atomic E-state index is 0.0711. The Balaban J connectivity index is 1.61. The van der Waals surface area contributed by atoms with Crippen molar-refractivity contribution in [1.82, 2.24) is 24.2 Å². The molecule has 3 heterocycles. The van der Waals surface area contributed by atoms with Crippen LogP contribution in [0.2, 0.25) is 0 Å². The lowest BCUT2D eigenvalue weighted by atomic mass is 10.2. The van der Waals surface area contributed by atoms with Crippen LogP contribution in [0, 0.1) is 0 Å². The number of hydrogen-bond acceptors (Lipinski definition) is 5. The van der Waals surface area contributed by atoms with Gasteiger partial charge in [0.05, 0.1) is 18.3 Å². The summed E-state index contributed by atoms with van der Waals surface area (Å²) in [6, 6.07) is 1.44. The fraction of sp³-hybridized carbons (Fsp3) is 0.500. The average molecular weight is 371 g/mol. The number of carbonyl (C=O) groups is 1. The van der Waals surface area contributed by atoms with E-state index >= 15 is 0 Å². The molecule has 0 aromatic carbocycles. The van der Waals surface area contributed by atoms with Gasteiger partial charge in [0, 0.05) is 25.9 Å². The number of nitrogens with one attached hydrogen (secondary N) is 1. The maximum atomic E-state index is 12.9. The number of amides is 1. The van der Waals surface area contributed by atoms with Crippen molar-refractivity contribution in [3.63, 3.8) is 0 Å². The molecule has 1 fully saturated rings. The number of aryl methyl sites for hydroxylation is 2. The zero-order valence-corrected chi connectivity index (χ0v) is 15.1. The normalized spacial score (nSPS) is 18.7. The van der Waals surface area contributed by atoms with E-state index in [4.69, 9.17) is 0 Å². The van der Waals surface area contributed by atoms with E-state index in [2.05, 4.69) is 10.1 Å². The summed E-state index contributed by atoms with van der Waals surface area (Å²) in [5, 5.41) is 4.48. The Morgan fingerprint density at radius 1 is 1.26 bits per heavy atom. The molecule has 0 radical (unpaired) electrons. The average Bonchev–Trinajstić information content (AvgIpc) is 3.28. The summed E-state index contributed by atoms with van der Waals surface area (Å²) in [7, 11) is 1.33. The number of hydrogen-bond donors (Lipinski definition) is 1. The fourth-order valence-electron chi connectivity index (χ4n) is 3.94. The second-order valence-electron chi connectivity index (χ2n) is 7.16. The first-order valence-corrected chi connectivity index (χ1v) is 9.15. The van der Waals surface area contributed by atoms with E-state index in [1.54, 1.807) is 11.0 Å². The maximum Gasteiger partial charge on any atom is 0.328 e. The van der Waals surface area contributed by atoms with Gasteiger partial charge in [-0.1, -0.05) is 0 Å². The van der Waals surface area contributed by atoms with Crippen LogP contribution in [0.3, 0.4) is 0 Å². The molecular formula is C18H21N5O4. The molecule has 1 saturated heterocycles. The van der Waals surface area contributed by atoms with Crippen LogP contribution in [0.1, 0.15) is 40.9 Å². The Bertz CT molecular complexity index is 1080. The topological polar surface area (TPSA) is 110 Å². The molecule has 4 rings (SSSR count). The van der Waals surface area contributed by atoms with Gasteiger partial charge in [0.15, 0.2) is 0 Å². The highest BCUT2D eigenvalue weighted by molar-refractivity contribution is 5.93. The lowest BCUT2D eigenvalue weighted by Gasteiger charge is -2.25. The van der Waals surface area contributed by atoms with Crippen molar-refractivity contribution < 1.29 is 4.79 Å². The smallest absolute Gasteiger partial charge is 0.328 e. The Morgan fingerprint density at radius 2 is 2.07 bits per heavy atom. The molecule has 2 aromatic rings. The van der Waals surface area contributed by atoms with Gasteiger partial charge in [-0.05, 0) is 37.7 Å². The van der Waals surface area contributed by atoms with Crippen molar-refractivity contribution in [1.29, 1.82) is 0 Å². The van der Waals surface area contributed by atoms with Crippen LogP contribution in [0.5, 0.6) is 0 Å². The first-order valence-electron chi connectivity index (χ1n) is 9.15. The zero-order valence-electron chi connectivity index (χ0n) is 15.1. The summed E-state index contributed by atoms with van der Waals surface area (Å²) in [4.78, 5) is 53.0. The maximum absolute atomic E-state index is 12.9. The largest absolute Gasteiger partial charge is 0.334 e. The molecule has 1 aliphatic carbocycles. The number of rotatable bonds is 3. The van der Waals surface area contributed by atoms with Gasteiger partial charge in [0.25, 0.3) is 17.0 Å². The summed E-state index contributed by atoms with van der Waals surface area (Å²) in [5.74, 6) is -0.427. The molecule has 142 valence electrons. The van der Waals surface area contributed by atoms with Crippen molar-refractivity contribution in [2.75, 3.05) is 6.54 Å². The monoisotopic (exact) mass is 371 g/mol. The lowest BCUT2D eigenvalue weighted by Crippen LogP contribution is -2.44. The Hall–Kier alpha value is -2.97. The molecular weight excluding hydrogens is 350 g/mol. The van der Waals surface area contributed by atoms with Crippen LogP contribution >= 0.6 is 0 Å². The van der Waals surface area contributed by atoms with Gasteiger partial charge in [0.1, 0.15) is 5.56 Å². The third kappa shape index (κ3) is 3.02. The van der Waals surface area contributed by atoms with Crippen molar-refractivity contribution >= 4 is 5.91 Å². The second kappa shape index (κ2) is 6.64. The highest BCUT2D eigenvalue weighted by Crippen LogP contribution is 2.21. The van der Waals surface area contributed by atoms with Gasteiger partial charge >= 0.3 is 5.69 Å². The Morgan fingerprint density at radius 3 is 2.89 bits per heavy atom. The first kappa shape index (κ1) is 17.4. The molecule has 9 heteroatoms. The highest BCUT2D eigenvalue weighted by Gasteiger charge is 2.32. The number of aromatic amines is 1. The highest BCUT2D eigenvalue weighted by atomic mass is 16.2. The lowest BCUT2D eigenvalue weighted by molar-refractivity contribution is 0.0717. The molecule has 2 aromatic heterocycles. The molecule has 2 aliphatic rings. The molecule has 0 spiro atoms. The van der Waals surface area contributed by atoms with Gasteiger partial charge in [-0.3, -0.25) is 19.0 Å². The SMILES string of the molecule is Cn1c(=O)[nH]cc(C(=O)N2CCCC2Cn2nc3c(cc2=O)CCC3)c1=O. The van der Waals surface area contributed by atoms with Gasteiger partial charge in [-0.25, -0.2) is 9.48 Å².